The molecule has 0 aliphatic carbocycles. The van der Waals surface area contributed by atoms with Crippen molar-refractivity contribution in [1.82, 2.24) is 14.3 Å². The Kier molecular flexibility index (Phi) is 3.34. The van der Waals surface area contributed by atoms with Gasteiger partial charge >= 0.3 is 0 Å². The van der Waals surface area contributed by atoms with Gasteiger partial charge in [-0.15, -0.1) is 0 Å². The molecule has 19 heavy (non-hydrogen) atoms. The average molecular weight is 257 g/mol. The second kappa shape index (κ2) is 5.13. The lowest BCUT2D eigenvalue weighted by atomic mass is 9.99. The van der Waals surface area contributed by atoms with Gasteiger partial charge in [-0.3, -0.25) is 4.79 Å². The maximum absolute atomic E-state index is 11.0. The third-order valence-electron chi connectivity index (χ3n) is 4.06. The number of rotatable bonds is 3. The molecular formula is C15H19N3O. The highest BCUT2D eigenvalue weighted by molar-refractivity contribution is 5.84. The quantitative estimate of drug-likeness (QED) is 0.791. The minimum absolute atomic E-state index is 0.582. The van der Waals surface area contributed by atoms with Crippen molar-refractivity contribution in [2.75, 3.05) is 13.6 Å². The first-order valence-corrected chi connectivity index (χ1v) is 6.90. The standard InChI is InChI=1S/C15H19N3O/c1-17-7-3-2-6-14(17)9-13-10-18-8-4-5-12(11-19)15(18)16-13/h4-5,8,10-11,14H,2-3,6-7,9H2,1H3. The number of carbonyl (C=O) groups excluding carboxylic acids is 1. The third-order valence-corrected chi connectivity index (χ3v) is 4.06. The van der Waals surface area contributed by atoms with Crippen molar-refractivity contribution in [3.63, 3.8) is 0 Å². The van der Waals surface area contributed by atoms with E-state index >= 15 is 0 Å². The van der Waals surface area contributed by atoms with Crippen LogP contribution < -0.4 is 0 Å². The van der Waals surface area contributed by atoms with Gasteiger partial charge in [0.25, 0.3) is 0 Å². The van der Waals surface area contributed by atoms with E-state index in [2.05, 4.69) is 16.9 Å². The number of pyridine rings is 1. The number of hydrogen-bond acceptors (Lipinski definition) is 3. The van der Waals surface area contributed by atoms with E-state index in [4.69, 9.17) is 0 Å². The van der Waals surface area contributed by atoms with Gasteiger partial charge in [-0.05, 0) is 38.6 Å². The minimum Gasteiger partial charge on any atom is -0.306 e. The van der Waals surface area contributed by atoms with Gasteiger partial charge in [-0.25, -0.2) is 4.98 Å². The van der Waals surface area contributed by atoms with Gasteiger partial charge < -0.3 is 9.30 Å². The van der Waals surface area contributed by atoms with Crippen molar-refractivity contribution < 1.29 is 4.79 Å². The lowest BCUT2D eigenvalue weighted by Crippen LogP contribution is -2.37. The van der Waals surface area contributed by atoms with Crippen molar-refractivity contribution in [2.24, 2.45) is 0 Å². The molecule has 0 radical (unpaired) electrons. The summed E-state index contributed by atoms with van der Waals surface area (Å²) in [5, 5.41) is 0. The maximum atomic E-state index is 11.0. The highest BCUT2D eigenvalue weighted by atomic mass is 16.1. The molecule has 3 rings (SSSR count). The number of aldehydes is 1. The molecule has 1 saturated heterocycles. The van der Waals surface area contributed by atoms with Crippen molar-refractivity contribution in [2.45, 2.75) is 31.7 Å². The van der Waals surface area contributed by atoms with Gasteiger partial charge in [0.05, 0.1) is 11.3 Å². The Morgan fingerprint density at radius 1 is 1.47 bits per heavy atom. The van der Waals surface area contributed by atoms with Crippen LogP contribution in [0.15, 0.2) is 24.5 Å². The van der Waals surface area contributed by atoms with Gasteiger partial charge in [0.1, 0.15) is 5.65 Å². The molecule has 0 amide bonds. The molecule has 4 heteroatoms. The monoisotopic (exact) mass is 257 g/mol. The molecule has 1 unspecified atom stereocenters. The summed E-state index contributed by atoms with van der Waals surface area (Å²) in [5.41, 5.74) is 2.50. The Morgan fingerprint density at radius 3 is 3.16 bits per heavy atom. The Balaban J connectivity index is 1.87. The fourth-order valence-electron chi connectivity index (χ4n) is 2.92. The molecule has 0 saturated carbocycles. The number of carbonyl (C=O) groups is 1. The lowest BCUT2D eigenvalue weighted by Gasteiger charge is -2.31. The van der Waals surface area contributed by atoms with Gasteiger partial charge in [0.15, 0.2) is 6.29 Å². The number of likely N-dealkylation sites (tertiary alicyclic amines) is 1. The molecule has 1 atom stereocenters. The molecule has 0 aromatic carbocycles. The number of hydrogen-bond donors (Lipinski definition) is 0. The van der Waals surface area contributed by atoms with E-state index in [0.717, 1.165) is 24.0 Å². The zero-order chi connectivity index (χ0) is 13.2. The summed E-state index contributed by atoms with van der Waals surface area (Å²) in [6, 6.07) is 4.28. The van der Waals surface area contributed by atoms with E-state index in [0.29, 0.717) is 11.6 Å². The van der Waals surface area contributed by atoms with Crippen LogP contribution in [0.4, 0.5) is 0 Å². The molecule has 2 aromatic heterocycles. The molecule has 1 fully saturated rings. The summed E-state index contributed by atoms with van der Waals surface area (Å²) in [5.74, 6) is 0. The van der Waals surface area contributed by atoms with Crippen LogP contribution in [0.2, 0.25) is 0 Å². The van der Waals surface area contributed by atoms with E-state index < -0.39 is 0 Å². The summed E-state index contributed by atoms with van der Waals surface area (Å²) < 4.78 is 1.95. The summed E-state index contributed by atoms with van der Waals surface area (Å²) in [6.45, 7) is 1.18. The summed E-state index contributed by atoms with van der Waals surface area (Å²) >= 11 is 0. The van der Waals surface area contributed by atoms with Gasteiger partial charge in [0, 0.05) is 24.9 Å². The van der Waals surface area contributed by atoms with E-state index in [1.54, 1.807) is 0 Å². The number of likely N-dealkylation sites (N-methyl/N-ethyl adjacent to an activating group) is 1. The van der Waals surface area contributed by atoms with E-state index in [9.17, 15) is 4.79 Å². The van der Waals surface area contributed by atoms with E-state index in [1.807, 2.05) is 28.9 Å². The van der Waals surface area contributed by atoms with E-state index in [-0.39, 0.29) is 0 Å². The number of imidazole rings is 1. The van der Waals surface area contributed by atoms with Gasteiger partial charge in [-0.1, -0.05) is 6.42 Å². The Hall–Kier alpha value is -1.68. The summed E-state index contributed by atoms with van der Waals surface area (Å²) in [6.07, 6.45) is 9.68. The number of aromatic nitrogens is 2. The topological polar surface area (TPSA) is 37.6 Å². The van der Waals surface area contributed by atoms with Crippen LogP contribution in [0.1, 0.15) is 35.3 Å². The Labute approximate surface area is 113 Å². The normalized spacial score (nSPS) is 20.8. The van der Waals surface area contributed by atoms with E-state index in [1.165, 1.54) is 25.8 Å². The van der Waals surface area contributed by atoms with Crippen molar-refractivity contribution in [1.29, 1.82) is 0 Å². The van der Waals surface area contributed by atoms with Crippen molar-refractivity contribution in [3.05, 3.63) is 35.8 Å². The van der Waals surface area contributed by atoms with Crippen molar-refractivity contribution in [3.8, 4) is 0 Å². The predicted octanol–water partition coefficient (Wildman–Crippen LogP) is 2.17. The molecule has 100 valence electrons. The molecule has 3 heterocycles. The second-order valence-electron chi connectivity index (χ2n) is 5.38. The highest BCUT2D eigenvalue weighted by Crippen LogP contribution is 2.19. The van der Waals surface area contributed by atoms with Gasteiger partial charge in [-0.2, -0.15) is 0 Å². The Morgan fingerprint density at radius 2 is 2.37 bits per heavy atom. The molecule has 0 spiro atoms. The fraction of sp³-hybridized carbons (Fsp3) is 0.467. The molecular weight excluding hydrogens is 238 g/mol. The van der Waals surface area contributed by atoms with Crippen LogP contribution in [0.25, 0.3) is 5.65 Å². The maximum Gasteiger partial charge on any atom is 0.153 e. The zero-order valence-electron chi connectivity index (χ0n) is 11.2. The molecule has 4 nitrogen and oxygen atoms in total. The molecule has 2 aromatic rings. The smallest absolute Gasteiger partial charge is 0.153 e. The zero-order valence-corrected chi connectivity index (χ0v) is 11.2. The number of piperidine rings is 1. The van der Waals surface area contributed by atoms with Crippen LogP contribution in [-0.2, 0) is 6.42 Å². The van der Waals surface area contributed by atoms with Crippen LogP contribution in [0.5, 0.6) is 0 Å². The minimum atomic E-state index is 0.582. The lowest BCUT2D eigenvalue weighted by molar-refractivity contribution is 0.112. The highest BCUT2D eigenvalue weighted by Gasteiger charge is 2.20. The first kappa shape index (κ1) is 12.4. The predicted molar refractivity (Wildman–Crippen MR) is 74.6 cm³/mol. The van der Waals surface area contributed by atoms with Crippen LogP contribution in [0.3, 0.4) is 0 Å². The second-order valence-corrected chi connectivity index (χ2v) is 5.38. The largest absolute Gasteiger partial charge is 0.306 e. The first-order chi connectivity index (χ1) is 9.28. The van der Waals surface area contributed by atoms with Crippen LogP contribution in [-0.4, -0.2) is 40.2 Å². The fourth-order valence-corrected chi connectivity index (χ4v) is 2.92. The first-order valence-electron chi connectivity index (χ1n) is 6.90. The molecule has 1 aliphatic rings. The number of nitrogens with zero attached hydrogens (tertiary/aromatic N) is 3. The van der Waals surface area contributed by atoms with Crippen LogP contribution in [0, 0.1) is 0 Å². The van der Waals surface area contributed by atoms with Crippen LogP contribution >= 0.6 is 0 Å². The molecule has 1 aliphatic heterocycles. The number of fused-ring (bicyclic) bond motifs is 1. The average Bonchev–Trinajstić information content (AvgIpc) is 2.83. The SMILES string of the molecule is CN1CCCCC1Cc1cn2cccc(C=O)c2n1. The van der Waals surface area contributed by atoms with Gasteiger partial charge in [0.2, 0.25) is 0 Å². The van der Waals surface area contributed by atoms with Crippen molar-refractivity contribution >= 4 is 11.9 Å². The molecule has 0 bridgehead atoms. The summed E-state index contributed by atoms with van der Waals surface area (Å²) in [4.78, 5) is 18.1. The Bertz CT molecular complexity index is 590. The summed E-state index contributed by atoms with van der Waals surface area (Å²) in [7, 11) is 2.19. The third kappa shape index (κ3) is 2.40. The molecule has 0 N–H and O–H groups in total.